The van der Waals surface area contributed by atoms with E-state index in [-0.39, 0.29) is 5.75 Å². The summed E-state index contributed by atoms with van der Waals surface area (Å²) in [5, 5.41) is 10.2. The molecule has 2 rings (SSSR count). The summed E-state index contributed by atoms with van der Waals surface area (Å²) in [5.74, 6) is 0.217. The normalized spacial score (nSPS) is 10.6. The maximum absolute atomic E-state index is 9.27. The average Bonchev–Trinajstić information content (AvgIpc) is 2.18. The molecule has 1 heterocycles. The Morgan fingerprint density at radius 1 is 1.29 bits per heavy atom. The van der Waals surface area contributed by atoms with Crippen molar-refractivity contribution in [2.24, 2.45) is 5.73 Å². The van der Waals surface area contributed by atoms with E-state index in [4.69, 9.17) is 5.73 Å². The first-order valence-electron chi connectivity index (χ1n) is 4.44. The molecule has 4 nitrogen and oxygen atoms in total. The van der Waals surface area contributed by atoms with Crippen molar-refractivity contribution >= 4 is 10.9 Å². The number of aromatic hydroxyl groups is 1. The van der Waals surface area contributed by atoms with E-state index >= 15 is 0 Å². The Morgan fingerprint density at radius 2 is 2.14 bits per heavy atom. The minimum absolute atomic E-state index is 0.217. The van der Waals surface area contributed by atoms with Crippen LogP contribution in [0.25, 0.3) is 10.9 Å². The molecular weight excluding hydrogens is 178 g/mol. The van der Waals surface area contributed by atoms with Gasteiger partial charge in [-0.3, -0.25) is 0 Å². The van der Waals surface area contributed by atoms with Crippen molar-refractivity contribution < 1.29 is 5.11 Å². The molecule has 14 heavy (non-hydrogen) atoms. The van der Waals surface area contributed by atoms with E-state index in [1.165, 1.54) is 6.33 Å². The number of nitrogens with two attached hydrogens (primary N) is 1. The van der Waals surface area contributed by atoms with Gasteiger partial charge in [0, 0.05) is 17.9 Å². The number of hydrogen-bond acceptors (Lipinski definition) is 4. The van der Waals surface area contributed by atoms with E-state index in [1.807, 2.05) is 6.07 Å². The summed E-state index contributed by atoms with van der Waals surface area (Å²) >= 11 is 0. The fourth-order valence-electron chi connectivity index (χ4n) is 1.44. The largest absolute Gasteiger partial charge is 0.508 e. The lowest BCUT2D eigenvalue weighted by Crippen LogP contribution is -2.05. The molecule has 0 aliphatic rings. The molecule has 3 N–H and O–H groups in total. The molecule has 2 aromatic rings. The molecule has 0 fully saturated rings. The minimum atomic E-state index is 0.217. The van der Waals surface area contributed by atoms with Crippen LogP contribution in [0.4, 0.5) is 0 Å². The lowest BCUT2D eigenvalue weighted by Gasteiger charge is -2.03. The predicted molar refractivity (Wildman–Crippen MR) is 54.0 cm³/mol. The summed E-state index contributed by atoms with van der Waals surface area (Å²) in [6.45, 7) is 0.562. The molecule has 0 aliphatic heterocycles. The third-order valence-corrected chi connectivity index (χ3v) is 2.08. The zero-order chi connectivity index (χ0) is 9.97. The van der Waals surface area contributed by atoms with Gasteiger partial charge in [-0.2, -0.15) is 0 Å². The van der Waals surface area contributed by atoms with Crippen LogP contribution >= 0.6 is 0 Å². The van der Waals surface area contributed by atoms with E-state index in [2.05, 4.69) is 9.97 Å². The van der Waals surface area contributed by atoms with E-state index in [9.17, 15) is 5.11 Å². The number of phenols is 1. The Bertz CT molecular complexity index is 456. The maximum atomic E-state index is 9.27. The third kappa shape index (κ3) is 1.52. The van der Waals surface area contributed by atoms with Crippen LogP contribution in [0.2, 0.25) is 0 Å². The summed E-state index contributed by atoms with van der Waals surface area (Å²) in [6, 6.07) is 5.07. The van der Waals surface area contributed by atoms with Crippen molar-refractivity contribution in [3.8, 4) is 5.75 Å². The van der Waals surface area contributed by atoms with Gasteiger partial charge in [-0.15, -0.1) is 0 Å². The molecule has 0 aliphatic carbocycles. The number of benzene rings is 1. The Labute approximate surface area is 81.4 Å². The molecule has 0 spiro atoms. The molecule has 0 radical (unpaired) electrons. The highest BCUT2D eigenvalue weighted by atomic mass is 16.3. The SMILES string of the molecule is NCCc1ncnc2cc(O)ccc12. The van der Waals surface area contributed by atoms with Gasteiger partial charge < -0.3 is 10.8 Å². The molecule has 0 bridgehead atoms. The van der Waals surface area contributed by atoms with Crippen molar-refractivity contribution in [2.45, 2.75) is 6.42 Å². The Morgan fingerprint density at radius 3 is 2.93 bits per heavy atom. The first kappa shape index (κ1) is 8.90. The van der Waals surface area contributed by atoms with Crippen LogP contribution in [0.3, 0.4) is 0 Å². The Kier molecular flexibility index (Phi) is 2.28. The number of rotatable bonds is 2. The number of phenolic OH excluding ortho intramolecular Hbond substituents is 1. The van der Waals surface area contributed by atoms with Crippen LogP contribution < -0.4 is 5.73 Å². The van der Waals surface area contributed by atoms with Crippen molar-refractivity contribution in [1.82, 2.24) is 9.97 Å². The molecule has 0 saturated heterocycles. The molecule has 1 aromatic carbocycles. The van der Waals surface area contributed by atoms with E-state index in [0.717, 1.165) is 23.0 Å². The van der Waals surface area contributed by atoms with Crippen molar-refractivity contribution in [2.75, 3.05) is 6.54 Å². The maximum Gasteiger partial charge on any atom is 0.117 e. The lowest BCUT2D eigenvalue weighted by atomic mass is 10.1. The smallest absolute Gasteiger partial charge is 0.117 e. The molecule has 0 amide bonds. The van der Waals surface area contributed by atoms with Gasteiger partial charge in [-0.05, 0) is 18.7 Å². The van der Waals surface area contributed by atoms with Crippen LogP contribution in [0.5, 0.6) is 5.75 Å². The fraction of sp³-hybridized carbons (Fsp3) is 0.200. The summed E-state index contributed by atoms with van der Waals surface area (Å²) < 4.78 is 0. The predicted octanol–water partition coefficient (Wildman–Crippen LogP) is 0.837. The second-order valence-corrected chi connectivity index (χ2v) is 3.06. The van der Waals surface area contributed by atoms with Crippen molar-refractivity contribution in [3.05, 3.63) is 30.2 Å². The standard InChI is InChI=1S/C10H11N3O/c11-4-3-9-8-2-1-7(14)5-10(8)13-6-12-9/h1-2,5-6,14H,3-4,11H2. The number of hydrogen-bond donors (Lipinski definition) is 2. The first-order valence-corrected chi connectivity index (χ1v) is 4.44. The topological polar surface area (TPSA) is 72.0 Å². The highest BCUT2D eigenvalue weighted by molar-refractivity contribution is 5.81. The molecule has 0 unspecified atom stereocenters. The van der Waals surface area contributed by atoms with Gasteiger partial charge in [0.2, 0.25) is 0 Å². The van der Waals surface area contributed by atoms with Gasteiger partial charge in [0.1, 0.15) is 12.1 Å². The minimum Gasteiger partial charge on any atom is -0.508 e. The molecule has 1 aromatic heterocycles. The molecule has 4 heteroatoms. The van der Waals surface area contributed by atoms with Crippen molar-refractivity contribution in [3.63, 3.8) is 0 Å². The second-order valence-electron chi connectivity index (χ2n) is 3.06. The highest BCUT2D eigenvalue weighted by Crippen LogP contribution is 2.19. The van der Waals surface area contributed by atoms with Gasteiger partial charge in [-0.25, -0.2) is 9.97 Å². The summed E-state index contributed by atoms with van der Waals surface area (Å²) in [4.78, 5) is 8.23. The average molecular weight is 189 g/mol. The molecule has 0 saturated carbocycles. The highest BCUT2D eigenvalue weighted by Gasteiger charge is 2.02. The fourth-order valence-corrected chi connectivity index (χ4v) is 1.44. The van der Waals surface area contributed by atoms with E-state index in [1.54, 1.807) is 12.1 Å². The van der Waals surface area contributed by atoms with E-state index < -0.39 is 0 Å². The third-order valence-electron chi connectivity index (χ3n) is 2.08. The first-order chi connectivity index (χ1) is 6.81. The van der Waals surface area contributed by atoms with Gasteiger partial charge in [0.15, 0.2) is 0 Å². The Hall–Kier alpha value is -1.68. The number of fused-ring (bicyclic) bond motifs is 1. The lowest BCUT2D eigenvalue weighted by molar-refractivity contribution is 0.476. The summed E-state index contributed by atoms with van der Waals surface area (Å²) in [5.41, 5.74) is 7.15. The quantitative estimate of drug-likeness (QED) is 0.734. The van der Waals surface area contributed by atoms with Crippen LogP contribution in [-0.4, -0.2) is 21.6 Å². The van der Waals surface area contributed by atoms with Gasteiger partial charge in [0.25, 0.3) is 0 Å². The zero-order valence-electron chi connectivity index (χ0n) is 7.64. The zero-order valence-corrected chi connectivity index (χ0v) is 7.64. The Balaban J connectivity index is 2.62. The van der Waals surface area contributed by atoms with Gasteiger partial charge in [-0.1, -0.05) is 0 Å². The van der Waals surface area contributed by atoms with E-state index in [0.29, 0.717) is 6.54 Å². The van der Waals surface area contributed by atoms with Gasteiger partial charge >= 0.3 is 0 Å². The van der Waals surface area contributed by atoms with Crippen LogP contribution in [0.1, 0.15) is 5.69 Å². The summed E-state index contributed by atoms with van der Waals surface area (Å²) in [7, 11) is 0. The summed E-state index contributed by atoms with van der Waals surface area (Å²) in [6.07, 6.45) is 2.22. The van der Waals surface area contributed by atoms with Crippen LogP contribution in [0, 0.1) is 0 Å². The van der Waals surface area contributed by atoms with Crippen molar-refractivity contribution in [1.29, 1.82) is 0 Å². The second kappa shape index (κ2) is 3.59. The molecule has 0 atom stereocenters. The molecular formula is C10H11N3O. The van der Waals surface area contributed by atoms with Gasteiger partial charge in [0.05, 0.1) is 11.2 Å². The number of nitrogens with zero attached hydrogens (tertiary/aromatic N) is 2. The number of aromatic nitrogens is 2. The van der Waals surface area contributed by atoms with Crippen LogP contribution in [0.15, 0.2) is 24.5 Å². The molecule has 72 valence electrons. The monoisotopic (exact) mass is 189 g/mol. The van der Waals surface area contributed by atoms with Crippen LogP contribution in [-0.2, 0) is 6.42 Å².